The lowest BCUT2D eigenvalue weighted by atomic mass is 10.1. The van der Waals surface area contributed by atoms with Crippen LogP contribution >= 0.6 is 0 Å². The molecule has 1 unspecified atom stereocenters. The Morgan fingerprint density at radius 1 is 1.28 bits per heavy atom. The second-order valence-electron chi connectivity index (χ2n) is 7.28. The highest BCUT2D eigenvalue weighted by atomic mass is 16.5. The van der Waals surface area contributed by atoms with Crippen LogP contribution < -0.4 is 0 Å². The van der Waals surface area contributed by atoms with Crippen LogP contribution in [0.4, 0.5) is 0 Å². The third-order valence-corrected chi connectivity index (χ3v) is 5.21. The molecule has 4 rings (SSSR count). The van der Waals surface area contributed by atoms with Crippen LogP contribution in [0.25, 0.3) is 11.3 Å². The molecule has 8 heteroatoms. The third kappa shape index (κ3) is 3.67. The number of aromatic nitrogens is 4. The molecule has 0 aromatic carbocycles. The van der Waals surface area contributed by atoms with Crippen molar-refractivity contribution in [1.82, 2.24) is 24.8 Å². The molecule has 0 saturated carbocycles. The molecule has 4 heterocycles. The van der Waals surface area contributed by atoms with Gasteiger partial charge in [-0.05, 0) is 26.0 Å². The molecule has 3 aromatic rings. The lowest BCUT2D eigenvalue weighted by Gasteiger charge is -2.32. The Labute approximate surface area is 169 Å². The average Bonchev–Trinajstić information content (AvgIpc) is 3.28. The van der Waals surface area contributed by atoms with Crippen molar-refractivity contribution in [2.45, 2.75) is 33.3 Å². The SMILES string of the molecule is CCc1onc(C)c1-c1cccc(C2CN(C(=O)c3cn(C)nc3C)CCO2)n1. The molecule has 1 saturated heterocycles. The van der Waals surface area contributed by atoms with Crippen molar-refractivity contribution < 1.29 is 14.1 Å². The lowest BCUT2D eigenvalue weighted by Crippen LogP contribution is -2.42. The minimum Gasteiger partial charge on any atom is -0.368 e. The number of rotatable bonds is 4. The van der Waals surface area contributed by atoms with Crippen molar-refractivity contribution in [2.75, 3.05) is 19.7 Å². The molecule has 1 amide bonds. The molecule has 152 valence electrons. The average molecular weight is 395 g/mol. The number of aryl methyl sites for hydroxylation is 4. The predicted octanol–water partition coefficient (Wildman–Crippen LogP) is 2.86. The van der Waals surface area contributed by atoms with Crippen LogP contribution in [-0.4, -0.2) is 50.4 Å². The first-order valence-electron chi connectivity index (χ1n) is 9.81. The van der Waals surface area contributed by atoms with Crippen LogP contribution in [0, 0.1) is 13.8 Å². The third-order valence-electron chi connectivity index (χ3n) is 5.21. The number of pyridine rings is 1. The minimum atomic E-state index is -0.283. The summed E-state index contributed by atoms with van der Waals surface area (Å²) in [5, 5.41) is 8.36. The van der Waals surface area contributed by atoms with Gasteiger partial charge in [-0.2, -0.15) is 5.10 Å². The van der Waals surface area contributed by atoms with Crippen LogP contribution in [0.15, 0.2) is 28.9 Å². The summed E-state index contributed by atoms with van der Waals surface area (Å²) in [6, 6.07) is 5.85. The van der Waals surface area contributed by atoms with Gasteiger partial charge in [0, 0.05) is 26.2 Å². The monoisotopic (exact) mass is 395 g/mol. The minimum absolute atomic E-state index is 0.0248. The Bertz CT molecular complexity index is 1040. The van der Waals surface area contributed by atoms with E-state index >= 15 is 0 Å². The summed E-state index contributed by atoms with van der Waals surface area (Å²) >= 11 is 0. The van der Waals surface area contributed by atoms with Crippen LogP contribution in [0.5, 0.6) is 0 Å². The first-order valence-corrected chi connectivity index (χ1v) is 9.81. The molecule has 0 spiro atoms. The molecule has 1 atom stereocenters. The van der Waals surface area contributed by atoms with E-state index < -0.39 is 0 Å². The van der Waals surface area contributed by atoms with Crippen molar-refractivity contribution in [3.05, 3.63) is 52.8 Å². The van der Waals surface area contributed by atoms with Crippen LogP contribution in [0.3, 0.4) is 0 Å². The maximum Gasteiger partial charge on any atom is 0.257 e. The van der Waals surface area contributed by atoms with Crippen molar-refractivity contribution in [3.8, 4) is 11.3 Å². The predicted molar refractivity (Wildman–Crippen MR) is 106 cm³/mol. The van der Waals surface area contributed by atoms with Gasteiger partial charge < -0.3 is 14.2 Å². The van der Waals surface area contributed by atoms with Crippen molar-refractivity contribution in [1.29, 1.82) is 0 Å². The Morgan fingerprint density at radius 2 is 2.10 bits per heavy atom. The van der Waals surface area contributed by atoms with E-state index in [1.54, 1.807) is 10.9 Å². The summed E-state index contributed by atoms with van der Waals surface area (Å²) in [6.07, 6.45) is 2.23. The second kappa shape index (κ2) is 7.79. The number of amides is 1. The van der Waals surface area contributed by atoms with Crippen molar-refractivity contribution in [3.63, 3.8) is 0 Å². The number of carbonyl (C=O) groups is 1. The van der Waals surface area contributed by atoms with Gasteiger partial charge in [0.25, 0.3) is 5.91 Å². The quantitative estimate of drug-likeness (QED) is 0.675. The first kappa shape index (κ1) is 19.3. The van der Waals surface area contributed by atoms with Gasteiger partial charge in [0.2, 0.25) is 0 Å². The molecule has 0 radical (unpaired) electrons. The summed E-state index contributed by atoms with van der Waals surface area (Å²) in [7, 11) is 1.82. The van der Waals surface area contributed by atoms with Gasteiger partial charge in [-0.25, -0.2) is 4.98 Å². The highest BCUT2D eigenvalue weighted by molar-refractivity contribution is 5.95. The zero-order chi connectivity index (χ0) is 20.5. The molecule has 0 N–H and O–H groups in total. The molecule has 1 fully saturated rings. The van der Waals surface area contributed by atoms with Gasteiger partial charge in [-0.1, -0.05) is 18.1 Å². The normalized spacial score (nSPS) is 17.0. The number of nitrogens with zero attached hydrogens (tertiary/aromatic N) is 5. The fraction of sp³-hybridized carbons (Fsp3) is 0.429. The number of carbonyl (C=O) groups excluding carboxylic acids is 1. The summed E-state index contributed by atoms with van der Waals surface area (Å²) in [5.41, 5.74) is 4.72. The number of morpholine rings is 1. The fourth-order valence-electron chi connectivity index (χ4n) is 3.75. The molecule has 8 nitrogen and oxygen atoms in total. The number of hydrogen-bond donors (Lipinski definition) is 0. The summed E-state index contributed by atoms with van der Waals surface area (Å²) < 4.78 is 13.0. The van der Waals surface area contributed by atoms with E-state index in [9.17, 15) is 4.79 Å². The fourth-order valence-corrected chi connectivity index (χ4v) is 3.75. The Balaban J connectivity index is 1.58. The van der Waals surface area contributed by atoms with Gasteiger partial charge in [0.1, 0.15) is 11.9 Å². The van der Waals surface area contributed by atoms with Crippen LogP contribution in [0.1, 0.15) is 46.2 Å². The highest BCUT2D eigenvalue weighted by Gasteiger charge is 2.29. The maximum absolute atomic E-state index is 13.0. The topological polar surface area (TPSA) is 86.3 Å². The standard InChI is InChI=1S/C21H25N5O3/c1-5-18-20(14(3)24-29-18)17-8-6-7-16(22-17)19-12-26(9-10-28-19)21(27)15-11-25(4)23-13(15)2/h6-8,11,19H,5,9-10,12H2,1-4H3. The van der Waals surface area contributed by atoms with Crippen LogP contribution in [-0.2, 0) is 18.2 Å². The Morgan fingerprint density at radius 3 is 2.83 bits per heavy atom. The first-order chi connectivity index (χ1) is 14.0. The molecule has 3 aromatic heterocycles. The van der Waals surface area contributed by atoms with E-state index in [4.69, 9.17) is 14.2 Å². The molecular formula is C21H25N5O3. The molecule has 0 aliphatic carbocycles. The van der Waals surface area contributed by atoms with E-state index in [1.807, 2.05) is 50.9 Å². The van der Waals surface area contributed by atoms with Gasteiger partial charge in [0.05, 0.1) is 47.1 Å². The molecule has 1 aliphatic heterocycles. The molecular weight excluding hydrogens is 370 g/mol. The number of ether oxygens (including phenoxy) is 1. The maximum atomic E-state index is 13.0. The zero-order valence-corrected chi connectivity index (χ0v) is 17.2. The van der Waals surface area contributed by atoms with E-state index in [0.717, 1.165) is 40.5 Å². The van der Waals surface area contributed by atoms with E-state index in [1.165, 1.54) is 0 Å². The van der Waals surface area contributed by atoms with Gasteiger partial charge >= 0.3 is 0 Å². The smallest absolute Gasteiger partial charge is 0.257 e. The van der Waals surface area contributed by atoms with Gasteiger partial charge in [0.15, 0.2) is 0 Å². The highest BCUT2D eigenvalue weighted by Crippen LogP contribution is 2.29. The summed E-state index contributed by atoms with van der Waals surface area (Å²) in [4.78, 5) is 19.6. The molecule has 1 aliphatic rings. The van der Waals surface area contributed by atoms with E-state index in [0.29, 0.717) is 25.3 Å². The Hall–Kier alpha value is -3.00. The zero-order valence-electron chi connectivity index (χ0n) is 17.2. The largest absolute Gasteiger partial charge is 0.368 e. The summed E-state index contributed by atoms with van der Waals surface area (Å²) in [6.45, 7) is 7.26. The van der Waals surface area contributed by atoms with Gasteiger partial charge in [-0.15, -0.1) is 0 Å². The van der Waals surface area contributed by atoms with Gasteiger partial charge in [-0.3, -0.25) is 9.48 Å². The van der Waals surface area contributed by atoms with E-state index in [2.05, 4.69) is 10.3 Å². The number of hydrogen-bond acceptors (Lipinski definition) is 6. The van der Waals surface area contributed by atoms with E-state index in [-0.39, 0.29) is 12.0 Å². The van der Waals surface area contributed by atoms with Crippen molar-refractivity contribution >= 4 is 5.91 Å². The molecule has 0 bridgehead atoms. The Kier molecular flexibility index (Phi) is 5.19. The van der Waals surface area contributed by atoms with Crippen LogP contribution in [0.2, 0.25) is 0 Å². The molecule has 29 heavy (non-hydrogen) atoms. The lowest BCUT2D eigenvalue weighted by molar-refractivity contribution is -0.0247. The van der Waals surface area contributed by atoms with Crippen molar-refractivity contribution in [2.24, 2.45) is 7.05 Å². The summed E-state index contributed by atoms with van der Waals surface area (Å²) in [5.74, 6) is 0.795. The second-order valence-corrected chi connectivity index (χ2v) is 7.28.